The molecule has 0 bridgehead atoms. The second kappa shape index (κ2) is 11.1. The predicted octanol–water partition coefficient (Wildman–Crippen LogP) is 3.19. The van der Waals surface area contributed by atoms with Gasteiger partial charge < -0.3 is 14.8 Å². The van der Waals surface area contributed by atoms with Crippen molar-refractivity contribution < 1.29 is 22.7 Å². The van der Waals surface area contributed by atoms with Gasteiger partial charge in [0.05, 0.1) is 13.7 Å². The number of carbonyl (C=O) groups excluding carboxylic acids is 1. The second-order valence-corrected chi connectivity index (χ2v) is 8.45. The Morgan fingerprint density at radius 1 is 1.03 bits per heavy atom. The molecule has 0 fully saturated rings. The molecule has 2 rings (SSSR count). The van der Waals surface area contributed by atoms with Gasteiger partial charge in [-0.05, 0) is 36.2 Å². The van der Waals surface area contributed by atoms with Gasteiger partial charge >= 0.3 is 0 Å². The van der Waals surface area contributed by atoms with E-state index in [9.17, 15) is 13.2 Å². The van der Waals surface area contributed by atoms with E-state index in [0.29, 0.717) is 32.8 Å². The van der Waals surface area contributed by atoms with Crippen LogP contribution < -0.4 is 10.1 Å². The number of hydrogen-bond acceptors (Lipinski definition) is 5. The zero-order valence-electron chi connectivity index (χ0n) is 18.0. The van der Waals surface area contributed by atoms with Crippen LogP contribution in [0, 0.1) is 0 Å². The molecule has 0 aromatic heterocycles. The molecule has 0 saturated heterocycles. The average Bonchev–Trinajstić information content (AvgIpc) is 2.76. The van der Waals surface area contributed by atoms with E-state index in [2.05, 4.69) is 5.32 Å². The summed E-state index contributed by atoms with van der Waals surface area (Å²) in [5.74, 6) is -0.152. The van der Waals surface area contributed by atoms with E-state index in [4.69, 9.17) is 9.47 Å². The van der Waals surface area contributed by atoms with Crippen molar-refractivity contribution in [3.8, 4) is 5.75 Å². The minimum atomic E-state index is -3.77. The maximum absolute atomic E-state index is 13.0. The first kappa shape index (κ1) is 23.9. The predicted molar refractivity (Wildman–Crippen MR) is 116 cm³/mol. The van der Waals surface area contributed by atoms with Gasteiger partial charge in [0.25, 0.3) is 5.91 Å². The maximum Gasteiger partial charge on any atom is 0.251 e. The van der Waals surface area contributed by atoms with Crippen LogP contribution in [0.15, 0.2) is 47.4 Å². The molecule has 164 valence electrons. The minimum Gasteiger partial charge on any atom is -0.495 e. The van der Waals surface area contributed by atoms with Crippen LogP contribution in [-0.2, 0) is 27.9 Å². The highest BCUT2D eigenvalue weighted by atomic mass is 32.2. The second-order valence-electron chi connectivity index (χ2n) is 6.54. The Morgan fingerprint density at radius 3 is 2.30 bits per heavy atom. The van der Waals surface area contributed by atoms with Gasteiger partial charge in [0, 0.05) is 31.8 Å². The van der Waals surface area contributed by atoms with Gasteiger partial charge in [0.15, 0.2) is 0 Å². The molecule has 1 N–H and O–H groups in total. The number of carbonyl (C=O) groups is 1. The van der Waals surface area contributed by atoms with Crippen LogP contribution in [0.4, 0.5) is 0 Å². The average molecular weight is 435 g/mol. The van der Waals surface area contributed by atoms with Gasteiger partial charge in [-0.2, -0.15) is 4.31 Å². The normalized spacial score (nSPS) is 11.5. The number of ether oxygens (including phenoxy) is 2. The summed E-state index contributed by atoms with van der Waals surface area (Å²) in [6, 6.07) is 12.1. The summed E-state index contributed by atoms with van der Waals surface area (Å²) >= 11 is 0. The molecular formula is C22H30N2O5S. The van der Waals surface area contributed by atoms with E-state index in [0.717, 1.165) is 11.1 Å². The molecule has 0 aliphatic rings. The fourth-order valence-corrected chi connectivity index (χ4v) is 4.72. The Bertz CT molecular complexity index is 956. The van der Waals surface area contributed by atoms with Crippen molar-refractivity contribution in [3.63, 3.8) is 0 Å². The van der Waals surface area contributed by atoms with Gasteiger partial charge in [-0.25, -0.2) is 8.42 Å². The van der Waals surface area contributed by atoms with E-state index in [1.54, 1.807) is 19.9 Å². The highest BCUT2D eigenvalue weighted by molar-refractivity contribution is 7.89. The lowest BCUT2D eigenvalue weighted by atomic mass is 10.1. The third kappa shape index (κ3) is 5.59. The SMILES string of the molecule is CCOCc1ccccc1CNC(=O)c1ccc(OC)c(S(=O)(=O)N(CC)CC)c1. The van der Waals surface area contributed by atoms with Gasteiger partial charge in [0.1, 0.15) is 10.6 Å². The number of methoxy groups -OCH3 is 1. The van der Waals surface area contributed by atoms with E-state index in [-0.39, 0.29) is 22.1 Å². The molecule has 1 amide bonds. The number of nitrogens with one attached hydrogen (secondary N) is 1. The fraction of sp³-hybridized carbons (Fsp3) is 0.409. The summed E-state index contributed by atoms with van der Waals surface area (Å²) in [4.78, 5) is 12.7. The highest BCUT2D eigenvalue weighted by Gasteiger charge is 2.26. The molecule has 0 saturated carbocycles. The molecule has 2 aromatic rings. The Kier molecular flexibility index (Phi) is 8.83. The van der Waals surface area contributed by atoms with E-state index >= 15 is 0 Å². The summed E-state index contributed by atoms with van der Waals surface area (Å²) < 4.78 is 38.0. The molecule has 0 unspecified atom stereocenters. The van der Waals surface area contributed by atoms with Crippen LogP contribution in [0.2, 0.25) is 0 Å². The zero-order chi connectivity index (χ0) is 22.1. The Morgan fingerprint density at radius 2 is 1.70 bits per heavy atom. The first-order valence-electron chi connectivity index (χ1n) is 9.99. The van der Waals surface area contributed by atoms with Crippen LogP contribution in [0.5, 0.6) is 5.75 Å². The van der Waals surface area contributed by atoms with Crippen molar-refractivity contribution in [3.05, 3.63) is 59.2 Å². The molecule has 0 aliphatic carbocycles. The largest absolute Gasteiger partial charge is 0.495 e. The summed E-state index contributed by atoms with van der Waals surface area (Å²) in [5.41, 5.74) is 2.20. The summed E-state index contributed by atoms with van der Waals surface area (Å²) in [6.07, 6.45) is 0. The molecule has 0 aliphatic heterocycles. The Balaban J connectivity index is 2.25. The van der Waals surface area contributed by atoms with Gasteiger partial charge in [0.2, 0.25) is 10.0 Å². The smallest absolute Gasteiger partial charge is 0.251 e. The van der Waals surface area contributed by atoms with Crippen molar-refractivity contribution in [1.29, 1.82) is 0 Å². The van der Waals surface area contributed by atoms with Crippen LogP contribution >= 0.6 is 0 Å². The van der Waals surface area contributed by atoms with Crippen LogP contribution in [0.3, 0.4) is 0 Å². The topological polar surface area (TPSA) is 84.9 Å². The van der Waals surface area contributed by atoms with Gasteiger partial charge in [-0.1, -0.05) is 38.1 Å². The van der Waals surface area contributed by atoms with Crippen molar-refractivity contribution in [2.75, 3.05) is 26.8 Å². The third-order valence-corrected chi connectivity index (χ3v) is 6.84. The van der Waals surface area contributed by atoms with Crippen molar-refractivity contribution in [1.82, 2.24) is 9.62 Å². The quantitative estimate of drug-likeness (QED) is 0.587. The molecule has 0 spiro atoms. The number of nitrogens with zero attached hydrogens (tertiary/aromatic N) is 1. The van der Waals surface area contributed by atoms with E-state index in [1.807, 2.05) is 31.2 Å². The molecule has 0 radical (unpaired) electrons. The number of hydrogen-bond donors (Lipinski definition) is 1. The lowest BCUT2D eigenvalue weighted by molar-refractivity contribution is 0.0949. The van der Waals surface area contributed by atoms with Crippen molar-refractivity contribution in [2.24, 2.45) is 0 Å². The number of rotatable bonds is 11. The van der Waals surface area contributed by atoms with E-state index in [1.165, 1.54) is 23.5 Å². The Labute approximate surface area is 179 Å². The number of sulfonamides is 1. The first-order valence-corrected chi connectivity index (χ1v) is 11.4. The monoisotopic (exact) mass is 434 g/mol. The summed E-state index contributed by atoms with van der Waals surface area (Å²) in [5, 5.41) is 2.86. The van der Waals surface area contributed by atoms with Gasteiger partial charge in [-0.3, -0.25) is 4.79 Å². The van der Waals surface area contributed by atoms with Crippen molar-refractivity contribution >= 4 is 15.9 Å². The maximum atomic E-state index is 13.0. The van der Waals surface area contributed by atoms with Gasteiger partial charge in [-0.15, -0.1) is 0 Å². The summed E-state index contributed by atoms with van der Waals surface area (Å²) in [6.45, 7) is 7.51. The van der Waals surface area contributed by atoms with Crippen LogP contribution in [0.1, 0.15) is 42.3 Å². The summed E-state index contributed by atoms with van der Waals surface area (Å²) in [7, 11) is -2.36. The molecule has 0 atom stereocenters. The standard InChI is InChI=1S/C22H30N2O5S/c1-5-24(6-2)30(26,27)21-14-17(12-13-20(21)28-4)22(25)23-15-18-10-8-9-11-19(18)16-29-7-3/h8-14H,5-7,15-16H2,1-4H3,(H,23,25). The lowest BCUT2D eigenvalue weighted by Crippen LogP contribution is -2.31. The molecule has 8 heteroatoms. The first-order chi connectivity index (χ1) is 14.4. The lowest BCUT2D eigenvalue weighted by Gasteiger charge is -2.20. The highest BCUT2D eigenvalue weighted by Crippen LogP contribution is 2.28. The number of amides is 1. The van der Waals surface area contributed by atoms with Crippen molar-refractivity contribution in [2.45, 2.75) is 38.8 Å². The third-order valence-electron chi connectivity index (χ3n) is 4.77. The van der Waals surface area contributed by atoms with Crippen LogP contribution in [0.25, 0.3) is 0 Å². The molecule has 30 heavy (non-hydrogen) atoms. The zero-order valence-corrected chi connectivity index (χ0v) is 18.8. The molecule has 7 nitrogen and oxygen atoms in total. The Hall–Kier alpha value is -2.42. The minimum absolute atomic E-state index is 0.0157. The number of benzene rings is 2. The van der Waals surface area contributed by atoms with E-state index < -0.39 is 10.0 Å². The molecule has 2 aromatic carbocycles. The fourth-order valence-electron chi connectivity index (χ4n) is 3.08. The van der Waals surface area contributed by atoms with Crippen LogP contribution in [-0.4, -0.2) is 45.4 Å². The molecule has 0 heterocycles. The molecular weight excluding hydrogens is 404 g/mol.